The van der Waals surface area contributed by atoms with Crippen LogP contribution in [-0.2, 0) is 28.6 Å². The number of carbonyl (C=O) groups excluding carboxylic acids is 3. The molecule has 0 N–H and O–H groups in total. The summed E-state index contributed by atoms with van der Waals surface area (Å²) in [4.78, 5) is 38.1. The summed E-state index contributed by atoms with van der Waals surface area (Å²) in [6.45, 7) is 6.61. The summed E-state index contributed by atoms with van der Waals surface area (Å²) in [7, 11) is 0. The van der Waals surface area contributed by atoms with Gasteiger partial charge in [-0.3, -0.25) is 14.4 Å². The number of unbranched alkanes of at least 4 members (excludes halogenated alkanes) is 32. The van der Waals surface area contributed by atoms with Gasteiger partial charge in [-0.2, -0.15) is 0 Å². The Labute approximate surface area is 403 Å². The second-order valence-electron chi connectivity index (χ2n) is 18.8. The Morgan fingerprint density at radius 1 is 0.308 bits per heavy atom. The van der Waals surface area contributed by atoms with Gasteiger partial charge in [0.25, 0.3) is 0 Å². The van der Waals surface area contributed by atoms with Crippen LogP contribution in [0, 0.1) is 0 Å². The van der Waals surface area contributed by atoms with Crippen molar-refractivity contribution in [1.82, 2.24) is 0 Å². The van der Waals surface area contributed by atoms with E-state index in [9.17, 15) is 14.4 Å². The minimum absolute atomic E-state index is 0.0807. The zero-order valence-electron chi connectivity index (χ0n) is 43.3. The average Bonchev–Trinajstić information content (AvgIpc) is 3.30. The molecule has 0 saturated heterocycles. The minimum atomic E-state index is -0.784. The second kappa shape index (κ2) is 54.0. The van der Waals surface area contributed by atoms with Gasteiger partial charge in [0, 0.05) is 19.3 Å². The van der Waals surface area contributed by atoms with Gasteiger partial charge in [-0.1, -0.05) is 236 Å². The minimum Gasteiger partial charge on any atom is -0.462 e. The van der Waals surface area contributed by atoms with Gasteiger partial charge in [0.15, 0.2) is 6.10 Å². The number of allylic oxidation sites excluding steroid dienone is 8. The molecule has 0 spiro atoms. The van der Waals surface area contributed by atoms with Crippen LogP contribution >= 0.6 is 0 Å². The molecule has 0 aromatic carbocycles. The van der Waals surface area contributed by atoms with Crippen molar-refractivity contribution in [1.29, 1.82) is 0 Å². The molecular weight excluding hydrogens is 805 g/mol. The average molecular weight is 911 g/mol. The van der Waals surface area contributed by atoms with Gasteiger partial charge in [-0.15, -0.1) is 0 Å². The molecular formula is C59H106O6. The third-order valence-electron chi connectivity index (χ3n) is 12.3. The lowest BCUT2D eigenvalue weighted by Gasteiger charge is -2.18. The monoisotopic (exact) mass is 911 g/mol. The molecule has 0 aromatic rings. The fourth-order valence-electron chi connectivity index (χ4n) is 8.03. The van der Waals surface area contributed by atoms with Crippen LogP contribution in [0.5, 0.6) is 0 Å². The van der Waals surface area contributed by atoms with Gasteiger partial charge in [0.05, 0.1) is 0 Å². The van der Waals surface area contributed by atoms with Crippen LogP contribution in [-0.4, -0.2) is 37.2 Å². The third kappa shape index (κ3) is 52.2. The molecule has 1 atom stereocenters. The summed E-state index contributed by atoms with van der Waals surface area (Å²) >= 11 is 0. The third-order valence-corrected chi connectivity index (χ3v) is 12.3. The highest BCUT2D eigenvalue weighted by Gasteiger charge is 2.19. The van der Waals surface area contributed by atoms with E-state index in [1.54, 1.807) is 0 Å². The van der Waals surface area contributed by atoms with E-state index in [1.165, 1.54) is 148 Å². The summed E-state index contributed by atoms with van der Waals surface area (Å²) in [6, 6.07) is 0. The number of rotatable bonds is 51. The Morgan fingerprint density at radius 3 is 0.862 bits per heavy atom. The molecule has 0 aliphatic rings. The predicted octanol–water partition coefficient (Wildman–Crippen LogP) is 18.7. The van der Waals surface area contributed by atoms with Crippen LogP contribution in [0.2, 0.25) is 0 Å². The number of ether oxygens (including phenoxy) is 3. The summed E-state index contributed by atoms with van der Waals surface area (Å²) in [5, 5.41) is 0. The SMILES string of the molecule is CCCCCC/C=C\C/C=C\CCCCCCCC(=O)OCC(COC(=O)CCCCCCCCCCCCCCCCC)OC(=O)CCCCCCC/C=C\C/C=C\CCCCCC. The van der Waals surface area contributed by atoms with Crippen molar-refractivity contribution in [2.45, 2.75) is 297 Å². The summed E-state index contributed by atoms with van der Waals surface area (Å²) in [6.07, 6.45) is 65.2. The van der Waals surface area contributed by atoms with Crippen molar-refractivity contribution in [2.24, 2.45) is 0 Å². The fourth-order valence-corrected chi connectivity index (χ4v) is 8.03. The lowest BCUT2D eigenvalue weighted by atomic mass is 10.0. The van der Waals surface area contributed by atoms with Gasteiger partial charge in [-0.05, 0) is 83.5 Å². The Balaban J connectivity index is 4.41. The molecule has 0 heterocycles. The van der Waals surface area contributed by atoms with Crippen molar-refractivity contribution in [3.63, 3.8) is 0 Å². The van der Waals surface area contributed by atoms with Crippen molar-refractivity contribution < 1.29 is 28.6 Å². The lowest BCUT2D eigenvalue weighted by molar-refractivity contribution is -0.167. The largest absolute Gasteiger partial charge is 0.462 e. The standard InChI is InChI=1S/C59H106O6/c1-4-7-10-13-16-19-22-25-28-31-34-37-40-43-46-49-52-58(61)64-55-56(54-63-57(60)51-48-45-42-39-36-33-30-27-24-21-18-15-12-9-6-3)65-59(62)53-50-47-44-41-38-35-32-29-26-23-20-17-14-11-8-5-2/h19-20,22-23,28-29,31-32,56H,4-18,21,24-27,30,33-55H2,1-3H3/b22-19-,23-20-,31-28-,32-29-. The zero-order chi connectivity index (χ0) is 47.2. The van der Waals surface area contributed by atoms with E-state index in [1.807, 2.05) is 0 Å². The van der Waals surface area contributed by atoms with E-state index in [0.717, 1.165) is 103 Å². The van der Waals surface area contributed by atoms with Crippen LogP contribution in [0.3, 0.4) is 0 Å². The molecule has 0 fully saturated rings. The highest BCUT2D eigenvalue weighted by molar-refractivity contribution is 5.71. The first-order valence-corrected chi connectivity index (χ1v) is 28.1. The number of hydrogen-bond donors (Lipinski definition) is 0. The molecule has 0 bridgehead atoms. The highest BCUT2D eigenvalue weighted by atomic mass is 16.6. The maximum Gasteiger partial charge on any atom is 0.306 e. The summed E-state index contributed by atoms with van der Waals surface area (Å²) in [5.74, 6) is -0.896. The van der Waals surface area contributed by atoms with E-state index in [4.69, 9.17) is 14.2 Å². The van der Waals surface area contributed by atoms with Gasteiger partial charge in [0.2, 0.25) is 0 Å². The molecule has 1 unspecified atom stereocenters. The molecule has 0 rings (SSSR count). The lowest BCUT2D eigenvalue weighted by Crippen LogP contribution is -2.30. The van der Waals surface area contributed by atoms with Crippen LogP contribution in [0.15, 0.2) is 48.6 Å². The summed E-state index contributed by atoms with van der Waals surface area (Å²) in [5.41, 5.74) is 0. The van der Waals surface area contributed by atoms with Crippen LogP contribution in [0.25, 0.3) is 0 Å². The first kappa shape index (κ1) is 62.4. The molecule has 0 aliphatic heterocycles. The van der Waals surface area contributed by atoms with E-state index < -0.39 is 6.10 Å². The zero-order valence-corrected chi connectivity index (χ0v) is 43.3. The van der Waals surface area contributed by atoms with E-state index in [2.05, 4.69) is 69.4 Å². The van der Waals surface area contributed by atoms with Crippen LogP contribution in [0.4, 0.5) is 0 Å². The van der Waals surface area contributed by atoms with Crippen molar-refractivity contribution >= 4 is 17.9 Å². The fraction of sp³-hybridized carbons (Fsp3) is 0.814. The molecule has 0 aliphatic carbocycles. The predicted molar refractivity (Wildman–Crippen MR) is 279 cm³/mol. The quantitative estimate of drug-likeness (QED) is 0.0262. The number of esters is 3. The van der Waals surface area contributed by atoms with Gasteiger partial charge >= 0.3 is 17.9 Å². The topological polar surface area (TPSA) is 78.9 Å². The molecule has 6 nitrogen and oxygen atoms in total. The Morgan fingerprint density at radius 2 is 0.554 bits per heavy atom. The van der Waals surface area contributed by atoms with Gasteiger partial charge in [0.1, 0.15) is 13.2 Å². The maximum absolute atomic E-state index is 12.8. The van der Waals surface area contributed by atoms with E-state index >= 15 is 0 Å². The van der Waals surface area contributed by atoms with Gasteiger partial charge in [-0.25, -0.2) is 0 Å². The first-order chi connectivity index (χ1) is 32.0. The van der Waals surface area contributed by atoms with Gasteiger partial charge < -0.3 is 14.2 Å². The van der Waals surface area contributed by atoms with E-state index in [0.29, 0.717) is 19.3 Å². The highest BCUT2D eigenvalue weighted by Crippen LogP contribution is 2.16. The van der Waals surface area contributed by atoms with Crippen LogP contribution in [0.1, 0.15) is 290 Å². The summed E-state index contributed by atoms with van der Waals surface area (Å²) < 4.78 is 16.8. The number of carbonyl (C=O) groups is 3. The molecule has 0 radical (unpaired) electrons. The molecule has 0 saturated carbocycles. The number of hydrogen-bond acceptors (Lipinski definition) is 6. The van der Waals surface area contributed by atoms with Crippen molar-refractivity contribution in [2.75, 3.05) is 13.2 Å². The maximum atomic E-state index is 12.8. The second-order valence-corrected chi connectivity index (χ2v) is 18.8. The molecule has 65 heavy (non-hydrogen) atoms. The Kier molecular flexibility index (Phi) is 51.8. The van der Waals surface area contributed by atoms with Crippen LogP contribution < -0.4 is 0 Å². The molecule has 6 heteroatoms. The Hall–Kier alpha value is -2.63. The normalized spacial score (nSPS) is 12.4. The molecule has 0 amide bonds. The molecule has 378 valence electrons. The Bertz CT molecular complexity index is 1140. The molecule has 0 aromatic heterocycles. The van der Waals surface area contributed by atoms with Crippen molar-refractivity contribution in [3.05, 3.63) is 48.6 Å². The van der Waals surface area contributed by atoms with Crippen molar-refractivity contribution in [3.8, 4) is 0 Å². The smallest absolute Gasteiger partial charge is 0.306 e. The first-order valence-electron chi connectivity index (χ1n) is 28.1. The van der Waals surface area contributed by atoms with E-state index in [-0.39, 0.29) is 31.1 Å².